The minimum atomic E-state index is 0. The van der Waals surface area contributed by atoms with Gasteiger partial charge < -0.3 is 0 Å². The lowest BCUT2D eigenvalue weighted by molar-refractivity contribution is 1.54. The molecular formula is C2H6ClS. The van der Waals surface area contributed by atoms with Crippen molar-refractivity contribution in [2.75, 3.05) is 5.75 Å². The maximum Gasteiger partial charge on any atom is 0.000844 e. The molecule has 0 atom stereocenters. The van der Waals surface area contributed by atoms with Crippen molar-refractivity contribution in [2.24, 2.45) is 0 Å². The third-order valence-corrected chi connectivity index (χ3v) is 0. The smallest absolute Gasteiger partial charge is 0.000844 e. The van der Waals surface area contributed by atoms with Gasteiger partial charge in [0.05, 0.1) is 0 Å². The van der Waals surface area contributed by atoms with Gasteiger partial charge in [-0.15, -0.1) is 12.4 Å². The van der Waals surface area contributed by atoms with E-state index in [2.05, 4.69) is 12.6 Å². The number of hydrogen-bond donors (Lipinski definition) is 0. The Hall–Kier alpha value is 0.640. The predicted octanol–water partition coefficient (Wildman–Crippen LogP) is 1.63. The highest BCUT2D eigenvalue weighted by Crippen LogP contribution is 1.58. The quantitative estimate of drug-likeness (QED) is 0.431. The Morgan fingerprint density at radius 1 is 1.75 bits per heavy atom. The van der Waals surface area contributed by atoms with E-state index in [1.165, 1.54) is 0 Å². The number of halogens is 1. The van der Waals surface area contributed by atoms with Crippen molar-refractivity contribution < 1.29 is 0 Å². The Labute approximate surface area is 38.4 Å². The van der Waals surface area contributed by atoms with Crippen molar-refractivity contribution in [1.82, 2.24) is 0 Å². The van der Waals surface area contributed by atoms with Crippen molar-refractivity contribution >= 4 is 25.0 Å². The SMILES string of the molecule is CC[S].Cl. The van der Waals surface area contributed by atoms with Crippen molar-refractivity contribution in [3.8, 4) is 0 Å². The summed E-state index contributed by atoms with van der Waals surface area (Å²) in [5, 5.41) is 0. The Kier molecular flexibility index (Phi) is 20.8. The van der Waals surface area contributed by atoms with Crippen LogP contribution >= 0.6 is 25.0 Å². The summed E-state index contributed by atoms with van der Waals surface area (Å²) in [7, 11) is 0. The molecule has 0 N–H and O–H groups in total. The van der Waals surface area contributed by atoms with Gasteiger partial charge in [0.1, 0.15) is 0 Å². The van der Waals surface area contributed by atoms with Crippen molar-refractivity contribution in [2.45, 2.75) is 6.92 Å². The molecule has 0 saturated heterocycles. The normalized spacial score (nSPS) is 4.50. The third-order valence-electron chi connectivity index (χ3n) is 0. The van der Waals surface area contributed by atoms with E-state index < -0.39 is 0 Å². The number of hydrogen-bond acceptors (Lipinski definition) is 0. The summed E-state index contributed by atoms with van der Waals surface area (Å²) in [5.41, 5.74) is 0. The molecule has 1 radical (unpaired) electrons. The molecule has 27 valence electrons. The van der Waals surface area contributed by atoms with E-state index in [0.717, 1.165) is 5.75 Å². The minimum Gasteiger partial charge on any atom is -0.147 e. The van der Waals surface area contributed by atoms with Crippen molar-refractivity contribution in [3.05, 3.63) is 0 Å². The lowest BCUT2D eigenvalue weighted by Crippen LogP contribution is -1.36. The Morgan fingerprint density at radius 3 is 1.75 bits per heavy atom. The fourth-order valence-corrected chi connectivity index (χ4v) is 0. The summed E-state index contributed by atoms with van der Waals surface area (Å²) in [6, 6.07) is 0. The molecule has 2 heteroatoms. The summed E-state index contributed by atoms with van der Waals surface area (Å²) in [6.45, 7) is 1.94. The summed E-state index contributed by atoms with van der Waals surface area (Å²) in [4.78, 5) is 0. The molecule has 0 aromatic rings. The fourth-order valence-electron chi connectivity index (χ4n) is 0. The molecule has 0 spiro atoms. The molecule has 0 aromatic heterocycles. The summed E-state index contributed by atoms with van der Waals surface area (Å²) in [5.74, 6) is 0.833. The molecule has 0 heterocycles. The monoisotopic (exact) mass is 97.0 g/mol. The van der Waals surface area contributed by atoms with E-state index in [4.69, 9.17) is 0 Å². The average Bonchev–Trinajstić information content (AvgIpc) is 0.918. The lowest BCUT2D eigenvalue weighted by atomic mass is 11.0. The predicted molar refractivity (Wildman–Crippen MR) is 25.4 cm³/mol. The molecule has 0 rings (SSSR count). The van der Waals surface area contributed by atoms with Gasteiger partial charge in [0.2, 0.25) is 0 Å². The van der Waals surface area contributed by atoms with Gasteiger partial charge in [-0.25, -0.2) is 0 Å². The minimum absolute atomic E-state index is 0. The second-order valence-electron chi connectivity index (χ2n) is 0.289. The van der Waals surface area contributed by atoms with Crippen LogP contribution in [0.25, 0.3) is 0 Å². The highest BCUT2D eigenvalue weighted by molar-refractivity contribution is 7.80. The summed E-state index contributed by atoms with van der Waals surface area (Å²) >= 11 is 4.39. The van der Waals surface area contributed by atoms with Crippen LogP contribution in [-0.4, -0.2) is 5.75 Å². The standard InChI is InChI=1S/C2H5S.ClH/c1-2-3;/h2H2,1H3;1H. The first-order chi connectivity index (χ1) is 1.41. The maximum atomic E-state index is 4.39. The Balaban J connectivity index is 0. The highest BCUT2D eigenvalue weighted by atomic mass is 35.5. The first-order valence-electron chi connectivity index (χ1n) is 0.996. The van der Waals surface area contributed by atoms with Crippen LogP contribution in [0.3, 0.4) is 0 Å². The van der Waals surface area contributed by atoms with Gasteiger partial charge in [-0.2, -0.15) is 0 Å². The van der Waals surface area contributed by atoms with E-state index in [9.17, 15) is 0 Å². The fraction of sp³-hybridized carbons (Fsp3) is 1.00. The molecule has 0 fully saturated rings. The zero-order chi connectivity index (χ0) is 2.71. The maximum absolute atomic E-state index is 4.39. The van der Waals surface area contributed by atoms with Gasteiger partial charge >= 0.3 is 0 Å². The molecule has 0 saturated carbocycles. The van der Waals surface area contributed by atoms with E-state index in [1.54, 1.807) is 0 Å². The van der Waals surface area contributed by atoms with Crippen LogP contribution in [0.15, 0.2) is 0 Å². The van der Waals surface area contributed by atoms with Gasteiger partial charge in [-0.05, 0) is 0 Å². The van der Waals surface area contributed by atoms with Crippen LogP contribution in [0.1, 0.15) is 6.92 Å². The van der Waals surface area contributed by atoms with Crippen molar-refractivity contribution in [1.29, 1.82) is 0 Å². The van der Waals surface area contributed by atoms with Gasteiger partial charge in [-0.3, -0.25) is 0 Å². The second kappa shape index (κ2) is 9.43. The molecule has 4 heavy (non-hydrogen) atoms. The van der Waals surface area contributed by atoms with Gasteiger partial charge in [-0.1, -0.05) is 19.6 Å². The van der Waals surface area contributed by atoms with Crippen molar-refractivity contribution in [3.63, 3.8) is 0 Å². The van der Waals surface area contributed by atoms with Crippen LogP contribution in [0.4, 0.5) is 0 Å². The van der Waals surface area contributed by atoms with Crippen LogP contribution in [0.2, 0.25) is 0 Å². The van der Waals surface area contributed by atoms with Gasteiger partial charge in [0.25, 0.3) is 0 Å². The van der Waals surface area contributed by atoms with E-state index >= 15 is 0 Å². The molecular weight excluding hydrogens is 91.5 g/mol. The van der Waals surface area contributed by atoms with E-state index in [0.29, 0.717) is 0 Å². The Morgan fingerprint density at radius 2 is 1.75 bits per heavy atom. The van der Waals surface area contributed by atoms with Gasteiger partial charge in [0.15, 0.2) is 0 Å². The zero-order valence-corrected chi connectivity index (χ0v) is 4.16. The lowest BCUT2D eigenvalue weighted by Gasteiger charge is -1.45. The largest absolute Gasteiger partial charge is 0.147 e. The third kappa shape index (κ3) is 17.3. The Bertz CT molecular complexity index is 6.00. The first kappa shape index (κ1) is 8.82. The molecule has 0 aliphatic heterocycles. The zero-order valence-electron chi connectivity index (χ0n) is 2.52. The van der Waals surface area contributed by atoms with E-state index in [1.807, 2.05) is 6.92 Å². The molecule has 0 aromatic carbocycles. The number of rotatable bonds is 0. The van der Waals surface area contributed by atoms with Crippen LogP contribution < -0.4 is 0 Å². The van der Waals surface area contributed by atoms with Crippen LogP contribution in [-0.2, 0) is 0 Å². The molecule has 0 aliphatic carbocycles. The topological polar surface area (TPSA) is 0 Å². The molecule has 0 aliphatic rings. The highest BCUT2D eigenvalue weighted by Gasteiger charge is 1.38. The van der Waals surface area contributed by atoms with Crippen LogP contribution in [0.5, 0.6) is 0 Å². The average molecular weight is 97.6 g/mol. The molecule has 0 amide bonds. The second-order valence-corrected chi connectivity index (χ2v) is 0.866. The first-order valence-corrected chi connectivity index (χ1v) is 1.57. The van der Waals surface area contributed by atoms with Crippen LogP contribution in [0, 0.1) is 0 Å². The summed E-state index contributed by atoms with van der Waals surface area (Å²) in [6.07, 6.45) is 0. The van der Waals surface area contributed by atoms with Gasteiger partial charge in [0, 0.05) is 5.75 Å². The molecule has 0 unspecified atom stereocenters. The molecule has 0 nitrogen and oxygen atoms in total. The summed E-state index contributed by atoms with van der Waals surface area (Å²) < 4.78 is 0. The van der Waals surface area contributed by atoms with E-state index in [-0.39, 0.29) is 12.4 Å². The molecule has 0 bridgehead atoms.